The number of hydrogen-bond donors (Lipinski definition) is 3. The zero-order chi connectivity index (χ0) is 14.5. The number of rotatable bonds is 6. The van der Waals surface area contributed by atoms with Gasteiger partial charge >= 0.3 is 0 Å². The average Bonchev–Trinajstić information content (AvgIpc) is 3.18. The van der Waals surface area contributed by atoms with Gasteiger partial charge in [0.15, 0.2) is 0 Å². The standard InChI is InChI=1S/C14H16N6O/c21-13(14-17-19-20-18-14)5-4-12-10(6-8-16-12)9-11-3-1-2-7-15-11/h1-3,6-8,13,16,21H,4-5,9H2,(H,17,18,19,20). The number of nitrogens with zero attached hydrogens (tertiary/aromatic N) is 4. The molecule has 0 fully saturated rings. The molecular weight excluding hydrogens is 268 g/mol. The fourth-order valence-corrected chi connectivity index (χ4v) is 2.25. The average molecular weight is 284 g/mol. The van der Waals surface area contributed by atoms with Crippen molar-refractivity contribution in [2.75, 3.05) is 0 Å². The Morgan fingerprint density at radius 2 is 2.19 bits per heavy atom. The highest BCUT2D eigenvalue weighted by Gasteiger charge is 2.14. The van der Waals surface area contributed by atoms with Crippen LogP contribution in [-0.4, -0.2) is 35.7 Å². The Hall–Kier alpha value is -2.54. The molecule has 3 heterocycles. The summed E-state index contributed by atoms with van der Waals surface area (Å²) in [4.78, 5) is 7.56. The summed E-state index contributed by atoms with van der Waals surface area (Å²) in [5, 5.41) is 23.3. The molecule has 0 amide bonds. The van der Waals surface area contributed by atoms with E-state index in [2.05, 4.69) is 30.6 Å². The van der Waals surface area contributed by atoms with Crippen molar-refractivity contribution in [3.63, 3.8) is 0 Å². The summed E-state index contributed by atoms with van der Waals surface area (Å²) >= 11 is 0. The lowest BCUT2D eigenvalue weighted by Gasteiger charge is -2.07. The number of tetrazole rings is 1. The summed E-state index contributed by atoms with van der Waals surface area (Å²) in [6.07, 6.45) is 5.02. The first-order valence-electron chi connectivity index (χ1n) is 6.79. The Morgan fingerprint density at radius 1 is 1.24 bits per heavy atom. The summed E-state index contributed by atoms with van der Waals surface area (Å²) in [7, 11) is 0. The minimum atomic E-state index is -0.713. The van der Waals surface area contributed by atoms with E-state index < -0.39 is 6.10 Å². The van der Waals surface area contributed by atoms with Crippen molar-refractivity contribution in [1.82, 2.24) is 30.6 Å². The molecule has 108 valence electrons. The van der Waals surface area contributed by atoms with Gasteiger partial charge in [-0.3, -0.25) is 4.98 Å². The largest absolute Gasteiger partial charge is 0.385 e. The molecule has 0 aliphatic carbocycles. The molecule has 0 aromatic carbocycles. The molecule has 0 saturated heterocycles. The predicted octanol–water partition coefficient (Wildman–Crippen LogP) is 1.18. The molecule has 0 bridgehead atoms. The highest BCUT2D eigenvalue weighted by molar-refractivity contribution is 5.26. The molecule has 3 aromatic rings. The van der Waals surface area contributed by atoms with Gasteiger partial charge in [0.05, 0.1) is 0 Å². The van der Waals surface area contributed by atoms with Crippen molar-refractivity contribution in [3.8, 4) is 0 Å². The fraction of sp³-hybridized carbons (Fsp3) is 0.286. The van der Waals surface area contributed by atoms with E-state index in [-0.39, 0.29) is 0 Å². The van der Waals surface area contributed by atoms with Crippen LogP contribution >= 0.6 is 0 Å². The lowest BCUT2D eigenvalue weighted by atomic mass is 10.0. The van der Waals surface area contributed by atoms with Crippen molar-refractivity contribution in [2.24, 2.45) is 0 Å². The molecule has 0 aliphatic rings. The Bertz CT molecular complexity index is 664. The van der Waals surface area contributed by atoms with Gasteiger partial charge in [-0.1, -0.05) is 11.3 Å². The normalized spacial score (nSPS) is 12.4. The van der Waals surface area contributed by atoms with Crippen LogP contribution in [0.4, 0.5) is 0 Å². The van der Waals surface area contributed by atoms with Crippen LogP contribution in [0.5, 0.6) is 0 Å². The van der Waals surface area contributed by atoms with Crippen LogP contribution in [0.2, 0.25) is 0 Å². The SMILES string of the molecule is OC(CCc1[nH]ccc1Cc1ccccn1)c1nn[nH]n1. The zero-order valence-corrected chi connectivity index (χ0v) is 11.4. The van der Waals surface area contributed by atoms with Crippen LogP contribution in [0.1, 0.15) is 35.3 Å². The summed E-state index contributed by atoms with van der Waals surface area (Å²) in [6, 6.07) is 7.94. The zero-order valence-electron chi connectivity index (χ0n) is 11.4. The van der Waals surface area contributed by atoms with E-state index in [0.717, 1.165) is 17.8 Å². The van der Waals surface area contributed by atoms with Crippen molar-refractivity contribution >= 4 is 0 Å². The lowest BCUT2D eigenvalue weighted by molar-refractivity contribution is 0.157. The van der Waals surface area contributed by atoms with Gasteiger partial charge in [0.2, 0.25) is 5.82 Å². The first kappa shape index (κ1) is 13.4. The van der Waals surface area contributed by atoms with Gasteiger partial charge in [-0.15, -0.1) is 10.2 Å². The molecule has 3 N–H and O–H groups in total. The van der Waals surface area contributed by atoms with E-state index in [1.54, 1.807) is 6.20 Å². The number of aromatic nitrogens is 6. The number of aryl methyl sites for hydroxylation is 1. The van der Waals surface area contributed by atoms with E-state index >= 15 is 0 Å². The van der Waals surface area contributed by atoms with Crippen molar-refractivity contribution in [2.45, 2.75) is 25.4 Å². The molecule has 1 unspecified atom stereocenters. The van der Waals surface area contributed by atoms with Gasteiger partial charge < -0.3 is 10.1 Å². The smallest absolute Gasteiger partial charge is 0.202 e. The van der Waals surface area contributed by atoms with E-state index in [0.29, 0.717) is 18.7 Å². The third-order valence-corrected chi connectivity index (χ3v) is 3.35. The molecular formula is C14H16N6O. The maximum atomic E-state index is 9.98. The van der Waals surface area contributed by atoms with Gasteiger partial charge in [0.1, 0.15) is 6.10 Å². The van der Waals surface area contributed by atoms with Crippen LogP contribution in [0.15, 0.2) is 36.7 Å². The van der Waals surface area contributed by atoms with Gasteiger partial charge in [-0.05, 0) is 36.6 Å². The predicted molar refractivity (Wildman–Crippen MR) is 75.3 cm³/mol. The number of aliphatic hydroxyl groups is 1. The highest BCUT2D eigenvalue weighted by Crippen LogP contribution is 2.18. The molecule has 21 heavy (non-hydrogen) atoms. The monoisotopic (exact) mass is 284 g/mol. The number of aliphatic hydroxyl groups excluding tert-OH is 1. The number of hydrogen-bond acceptors (Lipinski definition) is 5. The van der Waals surface area contributed by atoms with Crippen LogP contribution in [0, 0.1) is 0 Å². The van der Waals surface area contributed by atoms with Crippen molar-refractivity contribution in [3.05, 3.63) is 59.4 Å². The lowest BCUT2D eigenvalue weighted by Crippen LogP contribution is -2.04. The van der Waals surface area contributed by atoms with E-state index in [1.165, 1.54) is 5.56 Å². The maximum Gasteiger partial charge on any atom is 0.202 e. The van der Waals surface area contributed by atoms with Crippen LogP contribution < -0.4 is 0 Å². The van der Waals surface area contributed by atoms with Gasteiger partial charge in [-0.2, -0.15) is 5.21 Å². The van der Waals surface area contributed by atoms with Crippen molar-refractivity contribution in [1.29, 1.82) is 0 Å². The minimum absolute atomic E-state index is 0.327. The Balaban J connectivity index is 1.63. The van der Waals surface area contributed by atoms with E-state index in [9.17, 15) is 5.11 Å². The summed E-state index contributed by atoms with van der Waals surface area (Å²) in [5.41, 5.74) is 3.31. The van der Waals surface area contributed by atoms with Crippen LogP contribution in [-0.2, 0) is 12.8 Å². The van der Waals surface area contributed by atoms with Gasteiger partial charge in [0, 0.05) is 30.2 Å². The number of pyridine rings is 1. The molecule has 1 atom stereocenters. The summed E-state index contributed by atoms with van der Waals surface area (Å²) in [5.74, 6) is 0.327. The molecule has 0 spiro atoms. The second kappa shape index (κ2) is 6.27. The van der Waals surface area contributed by atoms with Crippen LogP contribution in [0.25, 0.3) is 0 Å². The molecule has 0 radical (unpaired) electrons. The maximum absolute atomic E-state index is 9.98. The number of nitrogens with one attached hydrogen (secondary N) is 2. The molecule has 3 rings (SSSR count). The first-order chi connectivity index (χ1) is 10.3. The van der Waals surface area contributed by atoms with E-state index in [4.69, 9.17) is 0 Å². The molecule has 7 heteroatoms. The van der Waals surface area contributed by atoms with Crippen LogP contribution in [0.3, 0.4) is 0 Å². The van der Waals surface area contributed by atoms with Gasteiger partial charge in [-0.25, -0.2) is 0 Å². The molecule has 0 saturated carbocycles. The Labute approximate surface area is 121 Å². The second-order valence-electron chi connectivity index (χ2n) is 4.80. The Morgan fingerprint density at radius 3 is 2.95 bits per heavy atom. The summed E-state index contributed by atoms with van der Waals surface area (Å²) < 4.78 is 0. The molecule has 0 aliphatic heterocycles. The summed E-state index contributed by atoms with van der Waals surface area (Å²) in [6.45, 7) is 0. The van der Waals surface area contributed by atoms with Gasteiger partial charge in [0.25, 0.3) is 0 Å². The first-order valence-corrected chi connectivity index (χ1v) is 6.79. The third-order valence-electron chi connectivity index (χ3n) is 3.35. The molecule has 3 aromatic heterocycles. The second-order valence-corrected chi connectivity index (χ2v) is 4.80. The van der Waals surface area contributed by atoms with E-state index in [1.807, 2.05) is 30.5 Å². The fourth-order valence-electron chi connectivity index (χ4n) is 2.25. The topological polar surface area (TPSA) is 103 Å². The quantitative estimate of drug-likeness (QED) is 0.630. The van der Waals surface area contributed by atoms with Crippen molar-refractivity contribution < 1.29 is 5.11 Å². The third kappa shape index (κ3) is 3.32. The molecule has 7 nitrogen and oxygen atoms in total. The number of H-pyrrole nitrogens is 2. The minimum Gasteiger partial charge on any atom is -0.385 e. The Kier molecular flexibility index (Phi) is 4.02. The number of aromatic amines is 2. The highest BCUT2D eigenvalue weighted by atomic mass is 16.3.